The maximum atomic E-state index is 5.77. The Morgan fingerprint density at radius 2 is 1.90 bits per heavy atom. The van der Waals surface area contributed by atoms with Gasteiger partial charge < -0.3 is 15.0 Å². The lowest BCUT2D eigenvalue weighted by Crippen LogP contribution is -2.23. The molecule has 1 aromatic rings. The zero-order valence-corrected chi connectivity index (χ0v) is 14.5. The van der Waals surface area contributed by atoms with Gasteiger partial charge in [-0.25, -0.2) is 4.98 Å². The summed E-state index contributed by atoms with van der Waals surface area (Å²) in [5.41, 5.74) is -0.102. The molecule has 0 aliphatic heterocycles. The van der Waals surface area contributed by atoms with E-state index < -0.39 is 0 Å². The first-order valence-electron chi connectivity index (χ1n) is 7.59. The lowest BCUT2D eigenvalue weighted by atomic mass is 9.96. The van der Waals surface area contributed by atoms with Crippen LogP contribution in [0.2, 0.25) is 0 Å². The molecule has 0 fully saturated rings. The van der Waals surface area contributed by atoms with Crippen molar-refractivity contribution in [2.75, 3.05) is 39.1 Å². The molecular formula is C16H30N4O. The van der Waals surface area contributed by atoms with E-state index in [4.69, 9.17) is 4.74 Å². The lowest BCUT2D eigenvalue weighted by Gasteiger charge is -2.19. The highest BCUT2D eigenvalue weighted by molar-refractivity contribution is 5.39. The Balaban J connectivity index is 2.87. The van der Waals surface area contributed by atoms with Gasteiger partial charge in [0.1, 0.15) is 11.6 Å². The second-order valence-electron chi connectivity index (χ2n) is 7.10. The number of hydrogen-bond donors (Lipinski definition) is 1. The van der Waals surface area contributed by atoms with Crippen LogP contribution in [0.1, 0.15) is 40.4 Å². The first-order chi connectivity index (χ1) is 9.68. The van der Waals surface area contributed by atoms with Gasteiger partial charge in [0.2, 0.25) is 5.88 Å². The molecule has 0 saturated heterocycles. The molecule has 0 aliphatic carbocycles. The first-order valence-corrected chi connectivity index (χ1v) is 7.59. The molecule has 0 radical (unpaired) electrons. The highest BCUT2D eigenvalue weighted by Crippen LogP contribution is 2.23. The third-order valence-corrected chi connectivity index (χ3v) is 2.80. The average Bonchev–Trinajstić information content (AvgIpc) is 2.34. The zero-order valence-electron chi connectivity index (χ0n) is 14.5. The Labute approximate surface area is 129 Å². The van der Waals surface area contributed by atoms with Gasteiger partial charge in [0, 0.05) is 24.6 Å². The van der Waals surface area contributed by atoms with E-state index in [2.05, 4.69) is 68.9 Å². The van der Waals surface area contributed by atoms with E-state index in [1.165, 1.54) is 0 Å². The standard InChI is InChI=1S/C16H30N4O/c1-12(2)11-21-14-10-13(17-8-9-20(6)7)18-15(19-14)16(3,4)5/h10,12H,8-9,11H2,1-7H3,(H,17,18,19). The largest absolute Gasteiger partial charge is 0.477 e. The summed E-state index contributed by atoms with van der Waals surface area (Å²) < 4.78 is 5.77. The third-order valence-electron chi connectivity index (χ3n) is 2.80. The molecule has 0 saturated carbocycles. The van der Waals surface area contributed by atoms with Crippen molar-refractivity contribution in [1.29, 1.82) is 0 Å². The number of nitrogens with zero attached hydrogens (tertiary/aromatic N) is 3. The Bertz CT molecular complexity index is 438. The van der Waals surface area contributed by atoms with Crippen molar-refractivity contribution in [3.63, 3.8) is 0 Å². The summed E-state index contributed by atoms with van der Waals surface area (Å²) in [6.07, 6.45) is 0. The monoisotopic (exact) mass is 294 g/mol. The minimum Gasteiger partial charge on any atom is -0.477 e. The maximum absolute atomic E-state index is 5.77. The first kappa shape index (κ1) is 17.7. The van der Waals surface area contributed by atoms with Gasteiger partial charge in [-0.05, 0) is 20.0 Å². The molecule has 0 amide bonds. The Morgan fingerprint density at radius 3 is 2.43 bits per heavy atom. The van der Waals surface area contributed by atoms with Gasteiger partial charge >= 0.3 is 0 Å². The van der Waals surface area contributed by atoms with Gasteiger partial charge in [-0.3, -0.25) is 0 Å². The van der Waals surface area contributed by atoms with Gasteiger partial charge in [-0.1, -0.05) is 34.6 Å². The van der Waals surface area contributed by atoms with E-state index in [-0.39, 0.29) is 5.41 Å². The molecule has 0 spiro atoms. The number of anilines is 1. The minimum atomic E-state index is -0.102. The van der Waals surface area contributed by atoms with Crippen LogP contribution in [0.4, 0.5) is 5.82 Å². The third kappa shape index (κ3) is 6.76. The molecule has 0 unspecified atom stereocenters. The molecule has 1 N–H and O–H groups in total. The molecule has 0 aromatic carbocycles. The van der Waals surface area contributed by atoms with E-state index in [1.54, 1.807) is 0 Å². The lowest BCUT2D eigenvalue weighted by molar-refractivity contribution is 0.259. The predicted octanol–water partition coefficient (Wildman–Crippen LogP) is 2.78. The second kappa shape index (κ2) is 7.59. The smallest absolute Gasteiger partial charge is 0.218 e. The van der Waals surface area contributed by atoms with Gasteiger partial charge in [-0.15, -0.1) is 0 Å². The topological polar surface area (TPSA) is 50.3 Å². The molecule has 1 heterocycles. The maximum Gasteiger partial charge on any atom is 0.218 e. The number of ether oxygens (including phenoxy) is 1. The van der Waals surface area contributed by atoms with Crippen molar-refractivity contribution in [2.45, 2.75) is 40.0 Å². The summed E-state index contributed by atoms with van der Waals surface area (Å²) in [6, 6.07) is 1.88. The molecule has 1 rings (SSSR count). The van der Waals surface area contributed by atoms with E-state index in [0.717, 1.165) is 24.7 Å². The van der Waals surface area contributed by atoms with E-state index in [9.17, 15) is 0 Å². The molecule has 120 valence electrons. The number of rotatable bonds is 7. The number of likely N-dealkylation sites (N-methyl/N-ethyl adjacent to an activating group) is 1. The summed E-state index contributed by atoms with van der Waals surface area (Å²) >= 11 is 0. The second-order valence-corrected chi connectivity index (χ2v) is 7.10. The molecule has 0 atom stereocenters. The van der Waals surface area contributed by atoms with Crippen molar-refractivity contribution < 1.29 is 4.74 Å². The fourth-order valence-electron chi connectivity index (χ4n) is 1.58. The van der Waals surface area contributed by atoms with Crippen molar-refractivity contribution in [3.05, 3.63) is 11.9 Å². The van der Waals surface area contributed by atoms with Gasteiger partial charge in [-0.2, -0.15) is 4.98 Å². The zero-order chi connectivity index (χ0) is 16.0. The highest BCUT2D eigenvalue weighted by Gasteiger charge is 2.19. The molecule has 0 aliphatic rings. The van der Waals surface area contributed by atoms with Crippen LogP contribution in [0.25, 0.3) is 0 Å². The summed E-state index contributed by atoms with van der Waals surface area (Å²) in [5, 5.41) is 3.34. The van der Waals surface area contributed by atoms with Crippen molar-refractivity contribution in [3.8, 4) is 5.88 Å². The van der Waals surface area contributed by atoms with Gasteiger partial charge in [0.25, 0.3) is 0 Å². The van der Waals surface area contributed by atoms with Crippen molar-refractivity contribution >= 4 is 5.82 Å². The Kier molecular flexibility index (Phi) is 6.40. The van der Waals surface area contributed by atoms with Crippen LogP contribution in [-0.4, -0.2) is 48.7 Å². The van der Waals surface area contributed by atoms with Crippen LogP contribution < -0.4 is 10.1 Å². The molecular weight excluding hydrogens is 264 g/mol. The number of hydrogen-bond acceptors (Lipinski definition) is 5. The molecule has 0 bridgehead atoms. The predicted molar refractivity (Wildman–Crippen MR) is 88.1 cm³/mol. The Hall–Kier alpha value is -1.36. The van der Waals surface area contributed by atoms with Crippen LogP contribution in [0.5, 0.6) is 5.88 Å². The normalized spacial score (nSPS) is 12.0. The minimum absolute atomic E-state index is 0.102. The summed E-state index contributed by atoms with van der Waals surface area (Å²) in [5.74, 6) is 2.76. The fraction of sp³-hybridized carbons (Fsp3) is 0.750. The average molecular weight is 294 g/mol. The van der Waals surface area contributed by atoms with E-state index in [0.29, 0.717) is 18.4 Å². The van der Waals surface area contributed by atoms with Crippen LogP contribution in [-0.2, 0) is 5.41 Å². The van der Waals surface area contributed by atoms with E-state index in [1.807, 2.05) is 6.07 Å². The van der Waals surface area contributed by atoms with E-state index >= 15 is 0 Å². The molecule has 21 heavy (non-hydrogen) atoms. The van der Waals surface area contributed by atoms with Crippen LogP contribution >= 0.6 is 0 Å². The highest BCUT2D eigenvalue weighted by atomic mass is 16.5. The Morgan fingerprint density at radius 1 is 1.24 bits per heavy atom. The van der Waals surface area contributed by atoms with Gasteiger partial charge in [0.15, 0.2) is 0 Å². The molecule has 5 nitrogen and oxygen atoms in total. The van der Waals surface area contributed by atoms with Crippen LogP contribution in [0.3, 0.4) is 0 Å². The summed E-state index contributed by atoms with van der Waals surface area (Å²) in [4.78, 5) is 11.3. The van der Waals surface area contributed by atoms with Crippen molar-refractivity contribution in [1.82, 2.24) is 14.9 Å². The summed E-state index contributed by atoms with van der Waals surface area (Å²) in [6.45, 7) is 13.0. The fourth-order valence-corrected chi connectivity index (χ4v) is 1.58. The van der Waals surface area contributed by atoms with Gasteiger partial charge in [0.05, 0.1) is 6.61 Å². The quantitative estimate of drug-likeness (QED) is 0.838. The van der Waals surface area contributed by atoms with Crippen LogP contribution in [0, 0.1) is 5.92 Å². The van der Waals surface area contributed by atoms with Crippen LogP contribution in [0.15, 0.2) is 6.07 Å². The SMILES string of the molecule is CC(C)COc1cc(NCCN(C)C)nc(C(C)(C)C)n1. The molecule has 5 heteroatoms. The number of nitrogens with one attached hydrogen (secondary N) is 1. The number of aromatic nitrogens is 2. The van der Waals surface area contributed by atoms with Crippen molar-refractivity contribution in [2.24, 2.45) is 5.92 Å². The summed E-state index contributed by atoms with van der Waals surface area (Å²) in [7, 11) is 4.11. The molecule has 1 aromatic heterocycles.